The van der Waals surface area contributed by atoms with E-state index in [9.17, 15) is 0 Å². The Balaban J connectivity index is 2.44. The fourth-order valence-electron chi connectivity index (χ4n) is 2.96. The van der Waals surface area contributed by atoms with Gasteiger partial charge in [-0.15, -0.1) is 11.3 Å². The van der Waals surface area contributed by atoms with Gasteiger partial charge < -0.3 is 5.73 Å². The Morgan fingerprint density at radius 3 is 2.64 bits per heavy atom. The van der Waals surface area contributed by atoms with E-state index in [2.05, 4.69) is 46.8 Å². The number of anilines is 1. The van der Waals surface area contributed by atoms with Crippen LogP contribution in [0.2, 0.25) is 0 Å². The van der Waals surface area contributed by atoms with Gasteiger partial charge in [-0.3, -0.25) is 0 Å². The van der Waals surface area contributed by atoms with Gasteiger partial charge >= 0.3 is 0 Å². The van der Waals surface area contributed by atoms with Crippen molar-refractivity contribution in [3.05, 3.63) is 22.2 Å². The number of hydrogen-bond donors (Lipinski definition) is 1. The summed E-state index contributed by atoms with van der Waals surface area (Å²) >= 11 is 1.40. The third-order valence-corrected chi connectivity index (χ3v) is 6.09. The smallest absolute Gasteiger partial charge is 0.130 e. The predicted octanol–water partition coefficient (Wildman–Crippen LogP) is 5.06. The monoisotopic (exact) mass is 315 g/mol. The molecule has 2 rings (SSSR count). The molecular weight excluding hydrogens is 290 g/mol. The summed E-state index contributed by atoms with van der Waals surface area (Å²) in [5.74, 6) is 0.605. The average Bonchev–Trinajstić information content (AvgIpc) is 2.80. The Kier molecular flexibility index (Phi) is 4.77. The molecule has 4 heteroatoms. The van der Waals surface area contributed by atoms with E-state index in [1.54, 1.807) is 0 Å². The van der Waals surface area contributed by atoms with Crippen LogP contribution in [0, 0.1) is 29.6 Å². The third-order valence-electron chi connectivity index (χ3n) is 5.07. The minimum atomic E-state index is 0.310. The Bertz CT molecular complexity index is 722. The zero-order valence-electron chi connectivity index (χ0n) is 14.2. The van der Waals surface area contributed by atoms with Crippen molar-refractivity contribution in [2.75, 3.05) is 5.73 Å². The van der Waals surface area contributed by atoms with Gasteiger partial charge in [0.2, 0.25) is 0 Å². The summed E-state index contributed by atoms with van der Waals surface area (Å²) in [5, 5.41) is 10.1. The van der Waals surface area contributed by atoms with E-state index in [4.69, 9.17) is 16.0 Å². The molecule has 2 heterocycles. The highest BCUT2D eigenvalue weighted by Gasteiger charge is 2.27. The first-order valence-corrected chi connectivity index (χ1v) is 8.74. The maximum absolute atomic E-state index is 9.13. The van der Waals surface area contributed by atoms with E-state index in [-0.39, 0.29) is 0 Å². The summed E-state index contributed by atoms with van der Waals surface area (Å²) in [4.78, 5) is 6.28. The lowest BCUT2D eigenvalue weighted by Gasteiger charge is -2.33. The highest BCUT2D eigenvalue weighted by molar-refractivity contribution is 7.19. The largest absolute Gasteiger partial charge is 0.396 e. The third kappa shape index (κ3) is 2.96. The molecule has 1 unspecified atom stereocenters. The highest BCUT2D eigenvalue weighted by Crippen LogP contribution is 2.37. The van der Waals surface area contributed by atoms with Gasteiger partial charge in [0.15, 0.2) is 0 Å². The molecule has 0 fully saturated rings. The van der Waals surface area contributed by atoms with Gasteiger partial charge in [-0.1, -0.05) is 40.5 Å². The number of nitriles is 1. The van der Waals surface area contributed by atoms with Crippen LogP contribution in [0.25, 0.3) is 10.2 Å². The van der Waals surface area contributed by atoms with Gasteiger partial charge in [-0.05, 0) is 36.3 Å². The second-order valence-electron chi connectivity index (χ2n) is 6.71. The van der Waals surface area contributed by atoms with Gasteiger partial charge in [-0.2, -0.15) is 5.26 Å². The fourth-order valence-corrected chi connectivity index (χ4v) is 3.86. The first-order valence-electron chi connectivity index (χ1n) is 7.92. The molecule has 0 radical (unpaired) electrons. The molecule has 0 aliphatic rings. The molecule has 0 spiro atoms. The maximum Gasteiger partial charge on any atom is 0.130 e. The van der Waals surface area contributed by atoms with Gasteiger partial charge in [0.25, 0.3) is 0 Å². The van der Waals surface area contributed by atoms with Crippen LogP contribution < -0.4 is 5.73 Å². The molecule has 0 aliphatic carbocycles. The number of hydrogen-bond acceptors (Lipinski definition) is 4. The molecule has 22 heavy (non-hydrogen) atoms. The predicted molar refractivity (Wildman–Crippen MR) is 95.0 cm³/mol. The van der Waals surface area contributed by atoms with Crippen molar-refractivity contribution in [2.24, 2.45) is 11.3 Å². The van der Waals surface area contributed by atoms with Crippen molar-refractivity contribution in [3.63, 3.8) is 0 Å². The number of aryl methyl sites for hydroxylation is 1. The van der Waals surface area contributed by atoms with Crippen LogP contribution in [0.3, 0.4) is 0 Å². The molecule has 0 saturated heterocycles. The minimum absolute atomic E-state index is 0.310. The van der Waals surface area contributed by atoms with E-state index in [0.717, 1.165) is 35.2 Å². The Labute approximate surface area is 137 Å². The van der Waals surface area contributed by atoms with E-state index in [1.807, 2.05) is 0 Å². The molecule has 2 N–H and O–H groups in total. The molecule has 0 aromatic carbocycles. The van der Waals surface area contributed by atoms with Crippen LogP contribution in [0.15, 0.2) is 6.07 Å². The van der Waals surface area contributed by atoms with Gasteiger partial charge in [0.1, 0.15) is 15.8 Å². The molecule has 1 atom stereocenters. The molecular formula is C18H25N3S. The lowest BCUT2D eigenvalue weighted by atomic mass is 9.73. The van der Waals surface area contributed by atoms with Crippen molar-refractivity contribution in [2.45, 2.75) is 53.9 Å². The number of thiophene rings is 1. The van der Waals surface area contributed by atoms with Crippen LogP contribution in [-0.4, -0.2) is 4.98 Å². The quantitative estimate of drug-likeness (QED) is 0.838. The summed E-state index contributed by atoms with van der Waals surface area (Å²) in [6, 6.07) is 4.26. The Hall–Kier alpha value is -1.60. The summed E-state index contributed by atoms with van der Waals surface area (Å²) in [7, 11) is 0. The SMILES string of the molecule is CCC(Cc1nc2sc(C#N)c(N)c2cc1C)C(C)(C)CC. The summed E-state index contributed by atoms with van der Waals surface area (Å²) in [6.45, 7) is 11.3. The van der Waals surface area contributed by atoms with E-state index in [1.165, 1.54) is 16.9 Å². The van der Waals surface area contributed by atoms with Crippen LogP contribution in [0.4, 0.5) is 5.69 Å². The molecule has 0 aliphatic heterocycles. The maximum atomic E-state index is 9.13. The fraction of sp³-hybridized carbons (Fsp3) is 0.556. The average molecular weight is 315 g/mol. The molecule has 2 aromatic heterocycles. The zero-order chi connectivity index (χ0) is 16.5. The number of pyridine rings is 1. The van der Waals surface area contributed by atoms with Gasteiger partial charge in [-0.25, -0.2) is 4.98 Å². The molecule has 3 nitrogen and oxygen atoms in total. The van der Waals surface area contributed by atoms with Crippen molar-refractivity contribution in [1.29, 1.82) is 5.26 Å². The molecule has 0 bridgehead atoms. The first kappa shape index (κ1) is 16.8. The zero-order valence-corrected chi connectivity index (χ0v) is 15.0. The Morgan fingerprint density at radius 2 is 2.09 bits per heavy atom. The van der Waals surface area contributed by atoms with Crippen molar-refractivity contribution >= 4 is 27.2 Å². The number of rotatable bonds is 5. The van der Waals surface area contributed by atoms with Crippen molar-refractivity contribution < 1.29 is 0 Å². The van der Waals surface area contributed by atoms with Crippen LogP contribution in [0.1, 0.15) is 56.7 Å². The number of fused-ring (bicyclic) bond motifs is 1. The number of aromatic nitrogens is 1. The van der Waals surface area contributed by atoms with E-state index < -0.39 is 0 Å². The topological polar surface area (TPSA) is 62.7 Å². The summed E-state index contributed by atoms with van der Waals surface area (Å²) < 4.78 is 0. The first-order chi connectivity index (χ1) is 10.3. The van der Waals surface area contributed by atoms with Gasteiger partial charge in [0.05, 0.1) is 5.69 Å². The second kappa shape index (κ2) is 6.26. The van der Waals surface area contributed by atoms with Crippen LogP contribution >= 0.6 is 11.3 Å². The minimum Gasteiger partial charge on any atom is -0.396 e. The molecule has 0 saturated carbocycles. The Morgan fingerprint density at radius 1 is 1.41 bits per heavy atom. The lowest BCUT2D eigenvalue weighted by molar-refractivity contribution is 0.194. The van der Waals surface area contributed by atoms with E-state index >= 15 is 0 Å². The summed E-state index contributed by atoms with van der Waals surface area (Å²) in [5.41, 5.74) is 9.24. The van der Waals surface area contributed by atoms with Gasteiger partial charge in [0, 0.05) is 11.1 Å². The normalized spacial score (nSPS) is 13.3. The van der Waals surface area contributed by atoms with Crippen molar-refractivity contribution in [3.8, 4) is 6.07 Å². The van der Waals surface area contributed by atoms with Crippen molar-refractivity contribution in [1.82, 2.24) is 4.98 Å². The van der Waals surface area contributed by atoms with Crippen LogP contribution in [-0.2, 0) is 6.42 Å². The summed E-state index contributed by atoms with van der Waals surface area (Å²) in [6.07, 6.45) is 3.30. The van der Waals surface area contributed by atoms with E-state index in [0.29, 0.717) is 21.9 Å². The molecule has 0 amide bonds. The number of nitrogen functional groups attached to an aromatic ring is 1. The highest BCUT2D eigenvalue weighted by atomic mass is 32.1. The molecule has 2 aromatic rings. The molecule has 118 valence electrons. The number of nitrogens with zero attached hydrogens (tertiary/aromatic N) is 2. The van der Waals surface area contributed by atoms with Crippen LogP contribution in [0.5, 0.6) is 0 Å². The standard InChI is InChI=1S/C18H25N3S/c1-6-12(18(4,5)7-2)9-14-11(3)8-13-16(20)15(10-19)22-17(13)21-14/h8,12H,6-7,9,20H2,1-5H3. The number of nitrogens with two attached hydrogens (primary N) is 1. The second-order valence-corrected chi connectivity index (χ2v) is 7.71. The lowest BCUT2D eigenvalue weighted by Crippen LogP contribution is -2.25.